The quantitative estimate of drug-likeness (QED) is 0.800. The van der Waals surface area contributed by atoms with Gasteiger partial charge in [0.15, 0.2) is 0 Å². The van der Waals surface area contributed by atoms with Crippen molar-refractivity contribution < 1.29 is 13.2 Å². The van der Waals surface area contributed by atoms with Crippen LogP contribution in [0.5, 0.6) is 5.88 Å². The summed E-state index contributed by atoms with van der Waals surface area (Å²) in [6, 6.07) is 11.2. The molecule has 134 valence electrons. The molecule has 0 N–H and O–H groups in total. The lowest BCUT2D eigenvalue weighted by molar-refractivity contribution is 0.124. The molecule has 1 aromatic carbocycles. The summed E-state index contributed by atoms with van der Waals surface area (Å²) in [5.74, 6) is 0.138. The second-order valence-electron chi connectivity index (χ2n) is 5.82. The minimum Gasteiger partial charge on any atom is -0.471 e. The van der Waals surface area contributed by atoms with E-state index in [9.17, 15) is 8.42 Å². The van der Waals surface area contributed by atoms with Crippen molar-refractivity contribution >= 4 is 16.1 Å². The average Bonchev–Trinajstić information content (AvgIpc) is 2.68. The number of hydrogen-bond acceptors (Lipinski definition) is 6. The first kappa shape index (κ1) is 18.0. The smallest absolute Gasteiger partial charge is 0.251 e. The minimum atomic E-state index is -3.55. The van der Waals surface area contributed by atoms with Gasteiger partial charge in [-0.1, -0.05) is 30.3 Å². The summed E-state index contributed by atoms with van der Waals surface area (Å²) in [6.07, 6.45) is 5.43. The molecule has 1 saturated heterocycles. The van der Waals surface area contributed by atoms with Gasteiger partial charge in [-0.3, -0.25) is 0 Å². The molecule has 1 fully saturated rings. The first-order valence-corrected chi connectivity index (χ1v) is 9.70. The van der Waals surface area contributed by atoms with Crippen molar-refractivity contribution in [3.63, 3.8) is 0 Å². The highest BCUT2D eigenvalue weighted by atomic mass is 32.2. The maximum absolute atomic E-state index is 12.6. The largest absolute Gasteiger partial charge is 0.471 e. The van der Waals surface area contributed by atoms with Gasteiger partial charge in [0.1, 0.15) is 12.2 Å². The Morgan fingerprint density at radius 2 is 2.00 bits per heavy atom. The van der Waals surface area contributed by atoms with Crippen LogP contribution in [0, 0.1) is 11.3 Å². The van der Waals surface area contributed by atoms with Crippen molar-refractivity contribution in [2.24, 2.45) is 0 Å². The molecule has 0 unspecified atom stereocenters. The van der Waals surface area contributed by atoms with Gasteiger partial charge in [0.2, 0.25) is 15.7 Å². The van der Waals surface area contributed by atoms with Crippen LogP contribution in [0.1, 0.15) is 24.1 Å². The third kappa shape index (κ3) is 4.45. The molecule has 0 radical (unpaired) electrons. The Kier molecular flexibility index (Phi) is 5.61. The van der Waals surface area contributed by atoms with Crippen molar-refractivity contribution in [1.82, 2.24) is 14.3 Å². The zero-order valence-electron chi connectivity index (χ0n) is 14.0. The summed E-state index contributed by atoms with van der Waals surface area (Å²) >= 11 is 0. The number of sulfonamides is 1. The number of piperidine rings is 1. The van der Waals surface area contributed by atoms with Gasteiger partial charge >= 0.3 is 0 Å². The van der Waals surface area contributed by atoms with Crippen LogP contribution in [-0.2, 0) is 10.0 Å². The maximum Gasteiger partial charge on any atom is 0.251 e. The fourth-order valence-electron chi connectivity index (χ4n) is 2.69. The topological polar surface area (TPSA) is 96.2 Å². The van der Waals surface area contributed by atoms with E-state index in [1.54, 1.807) is 6.08 Å². The van der Waals surface area contributed by atoms with E-state index >= 15 is 0 Å². The van der Waals surface area contributed by atoms with Crippen molar-refractivity contribution in [3.8, 4) is 11.9 Å². The van der Waals surface area contributed by atoms with E-state index in [-0.39, 0.29) is 24.2 Å². The maximum atomic E-state index is 12.6. The third-order valence-corrected chi connectivity index (χ3v) is 5.51. The number of nitriles is 1. The molecule has 1 atom stereocenters. The van der Waals surface area contributed by atoms with Gasteiger partial charge in [-0.2, -0.15) is 9.57 Å². The molecule has 0 saturated carbocycles. The summed E-state index contributed by atoms with van der Waals surface area (Å²) in [5.41, 5.74) is 0.913. The van der Waals surface area contributed by atoms with Crippen molar-refractivity contribution in [2.75, 3.05) is 13.1 Å². The van der Waals surface area contributed by atoms with Gasteiger partial charge in [-0.05, 0) is 24.5 Å². The summed E-state index contributed by atoms with van der Waals surface area (Å²) in [7, 11) is -3.55. The number of benzene rings is 1. The Hall–Kier alpha value is -2.76. The highest BCUT2D eigenvalue weighted by Crippen LogP contribution is 2.21. The van der Waals surface area contributed by atoms with Crippen molar-refractivity contribution in [3.05, 3.63) is 59.4 Å². The second kappa shape index (κ2) is 8.08. The zero-order valence-corrected chi connectivity index (χ0v) is 14.8. The zero-order chi connectivity index (χ0) is 18.4. The lowest BCUT2D eigenvalue weighted by Crippen LogP contribution is -2.43. The average molecular weight is 370 g/mol. The van der Waals surface area contributed by atoms with E-state index < -0.39 is 10.0 Å². The van der Waals surface area contributed by atoms with Crippen LogP contribution >= 0.6 is 0 Å². The molecule has 3 rings (SSSR count). The molecular formula is C18H18N4O3S. The molecule has 2 heterocycles. The number of nitrogens with zero attached hydrogens (tertiary/aromatic N) is 4. The first-order valence-electron chi connectivity index (χ1n) is 8.19. The first-order chi connectivity index (χ1) is 12.6. The van der Waals surface area contributed by atoms with E-state index in [1.807, 2.05) is 36.4 Å². The van der Waals surface area contributed by atoms with Crippen molar-refractivity contribution in [1.29, 1.82) is 5.26 Å². The monoisotopic (exact) mass is 370 g/mol. The standard InChI is InChI=1S/C18H18N4O3S/c19-13-17-18(21-10-9-20-17)25-16-7-4-11-22(14-16)26(23,24)12-8-15-5-2-1-3-6-15/h1-3,5-6,8-10,12,16H,4,7,11,14H2/b12-8+/t16-/m1/s1. The molecule has 1 aromatic heterocycles. The fourth-order valence-corrected chi connectivity index (χ4v) is 3.95. The molecule has 0 aliphatic carbocycles. The SMILES string of the molecule is N#Cc1nccnc1O[C@@H]1CCCN(S(=O)(=O)/C=C/c2ccccc2)C1. The highest BCUT2D eigenvalue weighted by molar-refractivity contribution is 7.92. The Labute approximate surface area is 152 Å². The Morgan fingerprint density at radius 3 is 2.77 bits per heavy atom. The molecular weight excluding hydrogens is 352 g/mol. The number of rotatable bonds is 5. The van der Waals surface area contributed by atoms with Gasteiger partial charge < -0.3 is 4.74 Å². The van der Waals surface area contributed by atoms with Gasteiger partial charge in [0, 0.05) is 24.3 Å². The van der Waals surface area contributed by atoms with E-state index in [0.717, 1.165) is 5.56 Å². The Balaban J connectivity index is 1.69. The Bertz CT molecular complexity index is 923. The van der Waals surface area contributed by atoms with Crippen LogP contribution in [-0.4, -0.2) is 41.9 Å². The van der Waals surface area contributed by atoms with Crippen molar-refractivity contribution in [2.45, 2.75) is 18.9 Å². The van der Waals surface area contributed by atoms with Gasteiger partial charge in [0.05, 0.1) is 6.54 Å². The number of aromatic nitrogens is 2. The summed E-state index contributed by atoms with van der Waals surface area (Å²) in [5, 5.41) is 10.3. The highest BCUT2D eigenvalue weighted by Gasteiger charge is 2.29. The number of hydrogen-bond donors (Lipinski definition) is 0. The molecule has 2 aromatic rings. The van der Waals surface area contributed by atoms with Crippen LogP contribution in [0.2, 0.25) is 0 Å². The lowest BCUT2D eigenvalue weighted by atomic mass is 10.1. The molecule has 0 bridgehead atoms. The molecule has 26 heavy (non-hydrogen) atoms. The molecule has 0 amide bonds. The third-order valence-electron chi connectivity index (χ3n) is 3.98. The Morgan fingerprint density at radius 1 is 1.23 bits per heavy atom. The van der Waals surface area contributed by atoms with Crippen LogP contribution in [0.4, 0.5) is 0 Å². The van der Waals surface area contributed by atoms with E-state index in [0.29, 0.717) is 19.4 Å². The molecule has 1 aliphatic rings. The van der Waals surface area contributed by atoms with E-state index in [1.165, 1.54) is 22.1 Å². The predicted octanol–water partition coefficient (Wildman–Crippen LogP) is 2.19. The molecule has 0 spiro atoms. The summed E-state index contributed by atoms with van der Waals surface area (Å²) < 4.78 is 32.3. The van der Waals surface area contributed by atoms with E-state index in [4.69, 9.17) is 10.00 Å². The van der Waals surface area contributed by atoms with E-state index in [2.05, 4.69) is 9.97 Å². The van der Waals surface area contributed by atoms with Gasteiger partial charge in [0.25, 0.3) is 5.88 Å². The van der Waals surface area contributed by atoms with Crippen LogP contribution < -0.4 is 4.74 Å². The lowest BCUT2D eigenvalue weighted by Gasteiger charge is -2.31. The molecule has 7 nitrogen and oxygen atoms in total. The van der Waals surface area contributed by atoms with Crippen LogP contribution in [0.3, 0.4) is 0 Å². The fraction of sp³-hybridized carbons (Fsp3) is 0.278. The molecule has 8 heteroatoms. The van der Waals surface area contributed by atoms with Gasteiger partial charge in [-0.15, -0.1) is 0 Å². The van der Waals surface area contributed by atoms with Crippen LogP contribution in [0.25, 0.3) is 6.08 Å². The second-order valence-corrected chi connectivity index (χ2v) is 7.64. The summed E-state index contributed by atoms with van der Waals surface area (Å²) in [6.45, 7) is 0.649. The minimum absolute atomic E-state index is 0.0939. The number of ether oxygens (including phenoxy) is 1. The van der Waals surface area contributed by atoms with Crippen LogP contribution in [0.15, 0.2) is 48.1 Å². The van der Waals surface area contributed by atoms with Gasteiger partial charge in [-0.25, -0.2) is 18.4 Å². The normalized spacial score (nSPS) is 18.5. The summed E-state index contributed by atoms with van der Waals surface area (Å²) in [4.78, 5) is 7.92. The predicted molar refractivity (Wildman–Crippen MR) is 96.4 cm³/mol. The molecule has 1 aliphatic heterocycles.